The van der Waals surface area contributed by atoms with Crippen LogP contribution in [0.5, 0.6) is 5.75 Å². The fraction of sp³-hybridized carbons (Fsp3) is 0.286. The van der Waals surface area contributed by atoms with E-state index >= 15 is 0 Å². The molecule has 0 fully saturated rings. The van der Waals surface area contributed by atoms with Crippen LogP contribution in [0.2, 0.25) is 0 Å². The molecule has 0 radical (unpaired) electrons. The van der Waals surface area contributed by atoms with Gasteiger partial charge in [-0.15, -0.1) is 0 Å². The lowest BCUT2D eigenvalue weighted by Crippen LogP contribution is -2.52. The standard InChI is InChI=1S/C28H31FN2O3/c1-21(2)18-30-28(33)25(17-22-11-5-3-6-12-22)31(19-23-13-7-4-8-14-23)27(32)20-34-26-16-10-9-15-24(26)29/h3-16,21,25H,17-20H2,1-2H3,(H,30,33)/t25-/m1/s1. The highest BCUT2D eigenvalue weighted by atomic mass is 19.1. The van der Waals surface area contributed by atoms with Gasteiger partial charge in [0.15, 0.2) is 18.2 Å². The quantitative estimate of drug-likeness (QED) is 0.453. The highest BCUT2D eigenvalue weighted by molar-refractivity contribution is 5.88. The molecule has 0 aromatic heterocycles. The summed E-state index contributed by atoms with van der Waals surface area (Å²) in [7, 11) is 0. The first-order chi connectivity index (χ1) is 16.4. The Balaban J connectivity index is 1.88. The summed E-state index contributed by atoms with van der Waals surface area (Å²) < 4.78 is 19.5. The Morgan fingerprint density at radius 1 is 0.882 bits per heavy atom. The Bertz CT molecular complexity index is 1060. The van der Waals surface area contributed by atoms with Gasteiger partial charge in [-0.25, -0.2) is 4.39 Å². The van der Waals surface area contributed by atoms with Crippen LogP contribution in [-0.2, 0) is 22.6 Å². The molecule has 0 aliphatic rings. The molecule has 0 heterocycles. The van der Waals surface area contributed by atoms with Crippen LogP contribution in [0, 0.1) is 11.7 Å². The van der Waals surface area contributed by atoms with Gasteiger partial charge in [-0.2, -0.15) is 0 Å². The van der Waals surface area contributed by atoms with Gasteiger partial charge >= 0.3 is 0 Å². The number of halogens is 1. The van der Waals surface area contributed by atoms with E-state index in [1.54, 1.807) is 12.1 Å². The largest absolute Gasteiger partial charge is 0.481 e. The van der Waals surface area contributed by atoms with E-state index in [9.17, 15) is 14.0 Å². The van der Waals surface area contributed by atoms with Gasteiger partial charge in [0.1, 0.15) is 6.04 Å². The molecular weight excluding hydrogens is 431 g/mol. The van der Waals surface area contributed by atoms with Crippen LogP contribution in [0.3, 0.4) is 0 Å². The van der Waals surface area contributed by atoms with Gasteiger partial charge in [0, 0.05) is 19.5 Å². The van der Waals surface area contributed by atoms with Crippen LogP contribution in [0.15, 0.2) is 84.9 Å². The van der Waals surface area contributed by atoms with Crippen LogP contribution in [0.25, 0.3) is 0 Å². The summed E-state index contributed by atoms with van der Waals surface area (Å²) in [5, 5.41) is 2.97. The van der Waals surface area contributed by atoms with Gasteiger partial charge in [0.25, 0.3) is 5.91 Å². The number of carbonyl (C=O) groups is 2. The predicted molar refractivity (Wildman–Crippen MR) is 131 cm³/mol. The molecule has 0 saturated heterocycles. The summed E-state index contributed by atoms with van der Waals surface area (Å²) in [6.45, 7) is 4.38. The molecule has 1 N–H and O–H groups in total. The van der Waals surface area contributed by atoms with Crippen LogP contribution >= 0.6 is 0 Å². The van der Waals surface area contributed by atoms with E-state index < -0.39 is 17.8 Å². The molecular formula is C28H31FN2O3. The summed E-state index contributed by atoms with van der Waals surface area (Å²) in [4.78, 5) is 28.2. The third-order valence-corrected chi connectivity index (χ3v) is 5.34. The second-order valence-corrected chi connectivity index (χ2v) is 8.57. The number of para-hydroxylation sites is 1. The fourth-order valence-corrected chi connectivity index (χ4v) is 3.54. The second kappa shape index (κ2) is 12.5. The third-order valence-electron chi connectivity index (χ3n) is 5.34. The zero-order chi connectivity index (χ0) is 24.3. The van der Waals surface area contributed by atoms with Crippen molar-refractivity contribution in [3.05, 3.63) is 102 Å². The van der Waals surface area contributed by atoms with E-state index in [4.69, 9.17) is 4.74 Å². The number of nitrogens with one attached hydrogen (secondary N) is 1. The lowest BCUT2D eigenvalue weighted by molar-refractivity contribution is -0.142. The maximum absolute atomic E-state index is 14.0. The molecule has 0 unspecified atom stereocenters. The monoisotopic (exact) mass is 462 g/mol. The molecule has 3 rings (SSSR count). The molecule has 178 valence electrons. The molecule has 3 aromatic rings. The third kappa shape index (κ3) is 7.44. The molecule has 0 bridgehead atoms. The van der Waals surface area contributed by atoms with Gasteiger partial charge in [-0.05, 0) is 29.2 Å². The maximum Gasteiger partial charge on any atom is 0.261 e. The highest BCUT2D eigenvalue weighted by Crippen LogP contribution is 2.18. The molecule has 5 nitrogen and oxygen atoms in total. The summed E-state index contributed by atoms with van der Waals surface area (Å²) in [6.07, 6.45) is 0.350. The Morgan fingerprint density at radius 3 is 2.09 bits per heavy atom. The van der Waals surface area contributed by atoms with Crippen molar-refractivity contribution in [1.29, 1.82) is 0 Å². The first-order valence-corrected chi connectivity index (χ1v) is 11.5. The van der Waals surface area contributed by atoms with Crippen molar-refractivity contribution in [3.8, 4) is 5.75 Å². The summed E-state index contributed by atoms with van der Waals surface area (Å²) in [5.74, 6) is -0.899. The highest BCUT2D eigenvalue weighted by Gasteiger charge is 2.30. The smallest absolute Gasteiger partial charge is 0.261 e. The van der Waals surface area contributed by atoms with Crippen molar-refractivity contribution in [2.24, 2.45) is 5.92 Å². The second-order valence-electron chi connectivity index (χ2n) is 8.57. The Morgan fingerprint density at radius 2 is 1.47 bits per heavy atom. The number of rotatable bonds is 11. The number of hydrogen-bond donors (Lipinski definition) is 1. The van der Waals surface area contributed by atoms with Gasteiger partial charge < -0.3 is 15.0 Å². The average molecular weight is 463 g/mol. The topological polar surface area (TPSA) is 58.6 Å². The number of carbonyl (C=O) groups excluding carboxylic acids is 2. The van der Waals surface area contributed by atoms with E-state index in [1.807, 2.05) is 74.5 Å². The predicted octanol–water partition coefficient (Wildman–Crippen LogP) is 4.62. The number of ether oxygens (including phenoxy) is 1. The van der Waals surface area contributed by atoms with Crippen molar-refractivity contribution in [3.63, 3.8) is 0 Å². The van der Waals surface area contributed by atoms with Crippen LogP contribution in [0.1, 0.15) is 25.0 Å². The minimum atomic E-state index is -0.752. The number of nitrogens with zero attached hydrogens (tertiary/aromatic N) is 1. The molecule has 0 spiro atoms. The SMILES string of the molecule is CC(C)CNC(=O)[C@@H](Cc1ccccc1)N(Cc1ccccc1)C(=O)COc1ccccc1F. The van der Waals surface area contributed by atoms with E-state index in [-0.39, 0.29) is 30.7 Å². The summed E-state index contributed by atoms with van der Waals surface area (Å²) >= 11 is 0. The first-order valence-electron chi connectivity index (χ1n) is 11.5. The molecule has 2 amide bonds. The lowest BCUT2D eigenvalue weighted by atomic mass is 10.0. The summed E-state index contributed by atoms with van der Waals surface area (Å²) in [6, 6.07) is 24.3. The minimum absolute atomic E-state index is 0.000574. The van der Waals surface area contributed by atoms with Gasteiger partial charge in [-0.1, -0.05) is 86.6 Å². The first kappa shape index (κ1) is 25.0. The van der Waals surface area contributed by atoms with Crippen molar-refractivity contribution in [2.45, 2.75) is 32.9 Å². The maximum atomic E-state index is 14.0. The number of benzene rings is 3. The Labute approximate surface area is 200 Å². The van der Waals surface area contributed by atoms with E-state index in [0.717, 1.165) is 11.1 Å². The fourth-order valence-electron chi connectivity index (χ4n) is 3.54. The minimum Gasteiger partial charge on any atom is -0.481 e. The summed E-state index contributed by atoms with van der Waals surface area (Å²) in [5.41, 5.74) is 1.82. The van der Waals surface area contributed by atoms with Crippen molar-refractivity contribution in [2.75, 3.05) is 13.2 Å². The average Bonchev–Trinajstić information content (AvgIpc) is 2.85. The van der Waals surface area contributed by atoms with E-state index in [1.165, 1.54) is 17.0 Å². The van der Waals surface area contributed by atoms with Crippen LogP contribution in [0.4, 0.5) is 4.39 Å². The number of hydrogen-bond acceptors (Lipinski definition) is 3. The molecule has 0 aliphatic carbocycles. The van der Waals surface area contributed by atoms with Gasteiger partial charge in [-0.3, -0.25) is 9.59 Å². The number of amides is 2. The van der Waals surface area contributed by atoms with Crippen molar-refractivity contribution >= 4 is 11.8 Å². The van der Waals surface area contributed by atoms with Crippen molar-refractivity contribution in [1.82, 2.24) is 10.2 Å². The molecule has 0 saturated carbocycles. The Hall–Kier alpha value is -3.67. The van der Waals surface area contributed by atoms with Gasteiger partial charge in [0.05, 0.1) is 0 Å². The van der Waals surface area contributed by atoms with Crippen molar-refractivity contribution < 1.29 is 18.7 Å². The van der Waals surface area contributed by atoms with Crippen LogP contribution < -0.4 is 10.1 Å². The molecule has 3 aromatic carbocycles. The molecule has 1 atom stereocenters. The normalized spacial score (nSPS) is 11.6. The molecule has 0 aliphatic heterocycles. The van der Waals surface area contributed by atoms with E-state index in [2.05, 4.69) is 5.32 Å². The van der Waals surface area contributed by atoms with Gasteiger partial charge in [0.2, 0.25) is 5.91 Å². The Kier molecular flexibility index (Phi) is 9.21. The zero-order valence-electron chi connectivity index (χ0n) is 19.6. The van der Waals surface area contributed by atoms with Crippen LogP contribution in [-0.4, -0.2) is 35.9 Å². The zero-order valence-corrected chi connectivity index (χ0v) is 19.6. The van der Waals surface area contributed by atoms with E-state index in [0.29, 0.717) is 13.0 Å². The molecule has 34 heavy (non-hydrogen) atoms. The lowest BCUT2D eigenvalue weighted by Gasteiger charge is -2.31. The molecule has 6 heteroatoms.